The van der Waals surface area contributed by atoms with Gasteiger partial charge in [0, 0.05) is 42.6 Å². The number of rotatable bonds is 3. The maximum absolute atomic E-state index is 12.8. The minimum absolute atomic E-state index is 0.0677. The van der Waals surface area contributed by atoms with Crippen molar-refractivity contribution < 1.29 is 0 Å². The highest BCUT2D eigenvalue weighted by Crippen LogP contribution is 2.25. The largest absolute Gasteiger partial charge is 0.306 e. The Hall–Kier alpha value is -3.02. The van der Waals surface area contributed by atoms with Crippen molar-refractivity contribution in [2.75, 3.05) is 6.54 Å². The lowest BCUT2D eigenvalue weighted by Gasteiger charge is -2.28. The number of aromatic nitrogens is 3. The molecular weight excluding hydrogens is 396 g/mol. The van der Waals surface area contributed by atoms with Crippen LogP contribution in [-0.2, 0) is 19.5 Å². The topological polar surface area (TPSA) is 61.9 Å². The maximum atomic E-state index is 12.8. The first kappa shape index (κ1) is 19.0. The molecule has 1 N–H and O–H groups in total. The Balaban J connectivity index is 1.42. The summed E-state index contributed by atoms with van der Waals surface area (Å²) in [6.07, 6.45) is 0.733. The highest BCUT2D eigenvalue weighted by Gasteiger charge is 2.22. The molecule has 0 radical (unpaired) electrons. The van der Waals surface area contributed by atoms with Gasteiger partial charge in [0.15, 0.2) is 0 Å². The lowest BCUT2D eigenvalue weighted by molar-refractivity contribution is 0.242. The van der Waals surface area contributed by atoms with Crippen LogP contribution < -0.4 is 5.56 Å². The molecule has 0 bridgehead atoms. The van der Waals surface area contributed by atoms with Crippen molar-refractivity contribution in [2.45, 2.75) is 26.4 Å². The second kappa shape index (κ2) is 7.67. The number of benzene rings is 2. The Labute approximate surface area is 179 Å². The van der Waals surface area contributed by atoms with Gasteiger partial charge in [0.2, 0.25) is 0 Å². The zero-order chi connectivity index (χ0) is 20.7. The third-order valence-electron chi connectivity index (χ3n) is 5.59. The number of aryl methyl sites for hydroxylation is 1. The summed E-state index contributed by atoms with van der Waals surface area (Å²) in [4.78, 5) is 27.2. The number of hydrogen-bond acceptors (Lipinski definition) is 4. The highest BCUT2D eigenvalue weighted by atomic mass is 35.5. The molecule has 0 spiro atoms. The quantitative estimate of drug-likeness (QED) is 0.499. The van der Waals surface area contributed by atoms with Crippen LogP contribution in [0.25, 0.3) is 22.3 Å². The molecule has 0 atom stereocenters. The normalized spacial score (nSPS) is 14.1. The van der Waals surface area contributed by atoms with E-state index in [2.05, 4.69) is 33.9 Å². The van der Waals surface area contributed by atoms with E-state index in [1.807, 2.05) is 42.5 Å². The number of nitrogens with zero attached hydrogens (tertiary/aromatic N) is 3. The molecule has 0 amide bonds. The van der Waals surface area contributed by atoms with Gasteiger partial charge in [0.05, 0.1) is 16.8 Å². The Morgan fingerprint density at radius 2 is 1.93 bits per heavy atom. The van der Waals surface area contributed by atoms with Crippen LogP contribution in [-0.4, -0.2) is 26.4 Å². The Morgan fingerprint density at radius 3 is 2.77 bits per heavy atom. The number of halogens is 1. The molecule has 6 heteroatoms. The van der Waals surface area contributed by atoms with E-state index in [0.29, 0.717) is 24.1 Å². The minimum atomic E-state index is -0.0677. The molecule has 0 saturated heterocycles. The van der Waals surface area contributed by atoms with Gasteiger partial charge in [-0.3, -0.25) is 9.69 Å². The molecule has 0 aliphatic carbocycles. The second-order valence-corrected chi connectivity index (χ2v) is 8.16. The number of H-pyrrole nitrogens is 1. The van der Waals surface area contributed by atoms with Crippen molar-refractivity contribution in [3.05, 3.63) is 92.5 Å². The molecular formula is C24H21ClN4O. The maximum Gasteiger partial charge on any atom is 0.255 e. The molecule has 0 saturated carbocycles. The van der Waals surface area contributed by atoms with Gasteiger partial charge < -0.3 is 4.98 Å². The van der Waals surface area contributed by atoms with Crippen molar-refractivity contribution in [1.82, 2.24) is 19.9 Å². The van der Waals surface area contributed by atoms with Crippen LogP contribution in [0.5, 0.6) is 0 Å². The van der Waals surface area contributed by atoms with Crippen LogP contribution in [0.15, 0.2) is 59.4 Å². The third kappa shape index (κ3) is 3.62. The molecule has 5 nitrogen and oxygen atoms in total. The SMILES string of the molecule is Cc1ccc2nc(Cl)c(CN3CCc4nc(-c5ccccc5)[nH]c(=O)c4C3)cc2c1. The Morgan fingerprint density at radius 1 is 1.10 bits per heavy atom. The Bertz CT molecular complexity index is 1300. The molecule has 1 aliphatic heterocycles. The van der Waals surface area contributed by atoms with E-state index in [-0.39, 0.29) is 5.56 Å². The van der Waals surface area contributed by atoms with E-state index < -0.39 is 0 Å². The second-order valence-electron chi connectivity index (χ2n) is 7.80. The molecule has 2 aromatic heterocycles. The van der Waals surface area contributed by atoms with Crippen molar-refractivity contribution in [3.63, 3.8) is 0 Å². The number of nitrogens with one attached hydrogen (secondary N) is 1. The van der Waals surface area contributed by atoms with Gasteiger partial charge in [-0.05, 0) is 25.1 Å². The summed E-state index contributed by atoms with van der Waals surface area (Å²) in [5.41, 5.74) is 5.53. The van der Waals surface area contributed by atoms with E-state index >= 15 is 0 Å². The first-order valence-corrected chi connectivity index (χ1v) is 10.4. The molecule has 0 unspecified atom stereocenters. The van der Waals surface area contributed by atoms with Gasteiger partial charge >= 0.3 is 0 Å². The van der Waals surface area contributed by atoms with Gasteiger partial charge in [-0.15, -0.1) is 0 Å². The summed E-state index contributed by atoms with van der Waals surface area (Å²) in [5.74, 6) is 0.630. The fourth-order valence-corrected chi connectivity index (χ4v) is 4.22. The zero-order valence-electron chi connectivity index (χ0n) is 16.7. The summed E-state index contributed by atoms with van der Waals surface area (Å²) < 4.78 is 0. The molecule has 5 rings (SSSR count). The molecule has 150 valence electrons. The van der Waals surface area contributed by atoms with Crippen molar-refractivity contribution in [3.8, 4) is 11.4 Å². The Kier molecular flexibility index (Phi) is 4.85. The van der Waals surface area contributed by atoms with Crippen molar-refractivity contribution in [1.29, 1.82) is 0 Å². The van der Waals surface area contributed by atoms with Gasteiger partial charge in [0.1, 0.15) is 11.0 Å². The number of hydrogen-bond donors (Lipinski definition) is 1. The molecule has 3 heterocycles. The average molecular weight is 417 g/mol. The summed E-state index contributed by atoms with van der Waals surface area (Å²) in [7, 11) is 0. The van der Waals surface area contributed by atoms with Crippen LogP contribution in [0.2, 0.25) is 5.15 Å². The molecule has 30 heavy (non-hydrogen) atoms. The van der Waals surface area contributed by atoms with E-state index in [9.17, 15) is 4.79 Å². The smallest absolute Gasteiger partial charge is 0.255 e. The average Bonchev–Trinajstić information content (AvgIpc) is 2.75. The molecule has 1 aliphatic rings. The van der Waals surface area contributed by atoms with Crippen LogP contribution in [0.3, 0.4) is 0 Å². The van der Waals surface area contributed by atoms with Gasteiger partial charge in [-0.2, -0.15) is 0 Å². The van der Waals surface area contributed by atoms with Gasteiger partial charge in [-0.1, -0.05) is 53.6 Å². The predicted octanol–water partition coefficient (Wildman–Crippen LogP) is 4.51. The van der Waals surface area contributed by atoms with E-state index in [1.54, 1.807) is 0 Å². The fraction of sp³-hybridized carbons (Fsp3) is 0.208. The first-order valence-electron chi connectivity index (χ1n) is 10.0. The van der Waals surface area contributed by atoms with Crippen molar-refractivity contribution >= 4 is 22.5 Å². The zero-order valence-corrected chi connectivity index (χ0v) is 17.4. The summed E-state index contributed by atoms with van der Waals surface area (Å²) in [6.45, 7) is 4.09. The number of aromatic amines is 1. The van der Waals surface area contributed by atoms with E-state index in [0.717, 1.165) is 46.3 Å². The molecule has 2 aromatic carbocycles. The van der Waals surface area contributed by atoms with E-state index in [1.165, 1.54) is 5.56 Å². The van der Waals surface area contributed by atoms with Crippen LogP contribution in [0.1, 0.15) is 22.4 Å². The van der Waals surface area contributed by atoms with Gasteiger partial charge in [-0.25, -0.2) is 9.97 Å². The van der Waals surface area contributed by atoms with Crippen LogP contribution in [0.4, 0.5) is 0 Å². The summed E-state index contributed by atoms with van der Waals surface area (Å²) >= 11 is 6.46. The standard InChI is InChI=1S/C24H21ClN4O/c1-15-7-8-20-17(11-15)12-18(22(25)26-20)13-29-10-9-21-19(14-29)24(30)28-23(27-21)16-5-3-2-4-6-16/h2-8,11-12H,9-10,13-14H2,1H3,(H,27,28,30). The number of pyridine rings is 1. The fourth-order valence-electron chi connectivity index (χ4n) is 4.02. The van der Waals surface area contributed by atoms with Crippen molar-refractivity contribution in [2.24, 2.45) is 0 Å². The van der Waals surface area contributed by atoms with E-state index in [4.69, 9.17) is 16.6 Å². The third-order valence-corrected chi connectivity index (χ3v) is 5.91. The highest BCUT2D eigenvalue weighted by molar-refractivity contribution is 6.30. The van der Waals surface area contributed by atoms with Gasteiger partial charge in [0.25, 0.3) is 5.56 Å². The molecule has 0 fully saturated rings. The lowest BCUT2D eigenvalue weighted by atomic mass is 10.0. The predicted molar refractivity (Wildman–Crippen MR) is 120 cm³/mol. The first-order chi connectivity index (χ1) is 14.6. The number of fused-ring (bicyclic) bond motifs is 2. The van der Waals surface area contributed by atoms with Crippen LogP contribution >= 0.6 is 11.6 Å². The van der Waals surface area contributed by atoms with Crippen LogP contribution in [0, 0.1) is 6.92 Å². The minimum Gasteiger partial charge on any atom is -0.306 e. The summed E-state index contributed by atoms with van der Waals surface area (Å²) in [6, 6.07) is 18.0. The molecule has 4 aromatic rings. The monoisotopic (exact) mass is 416 g/mol. The summed E-state index contributed by atoms with van der Waals surface area (Å²) in [5, 5.41) is 1.60. The lowest BCUT2D eigenvalue weighted by Crippen LogP contribution is -2.35.